The monoisotopic (exact) mass is 431 g/mol. The van der Waals surface area contributed by atoms with Crippen molar-refractivity contribution in [3.63, 3.8) is 0 Å². The molecule has 0 aliphatic carbocycles. The molecule has 0 unspecified atom stereocenters. The lowest BCUT2D eigenvalue weighted by Gasteiger charge is -2.31. The van der Waals surface area contributed by atoms with Crippen LogP contribution in [-0.4, -0.2) is 44.2 Å². The third kappa shape index (κ3) is 4.21. The highest BCUT2D eigenvalue weighted by molar-refractivity contribution is 5.63. The van der Waals surface area contributed by atoms with Crippen molar-refractivity contribution in [1.82, 2.24) is 24.5 Å². The van der Waals surface area contributed by atoms with Crippen LogP contribution in [0.2, 0.25) is 0 Å². The SMILES string of the molecule is CCOc1ccc(CN2CCC(c3nnc4ncc(-c5ccccc5F)cn34)CC2)cc1. The zero-order valence-corrected chi connectivity index (χ0v) is 18.1. The van der Waals surface area contributed by atoms with Gasteiger partial charge < -0.3 is 4.74 Å². The molecule has 0 radical (unpaired) electrons. The fourth-order valence-electron chi connectivity index (χ4n) is 4.38. The molecule has 6 nitrogen and oxygen atoms in total. The lowest BCUT2D eigenvalue weighted by molar-refractivity contribution is 0.201. The summed E-state index contributed by atoms with van der Waals surface area (Å²) in [6.07, 6.45) is 5.57. The molecule has 1 fully saturated rings. The van der Waals surface area contributed by atoms with E-state index in [0.717, 1.165) is 49.6 Å². The fourth-order valence-corrected chi connectivity index (χ4v) is 4.38. The first-order valence-electron chi connectivity index (χ1n) is 11.1. The topological polar surface area (TPSA) is 55.5 Å². The van der Waals surface area contributed by atoms with Gasteiger partial charge in [-0.05, 0) is 56.6 Å². The Morgan fingerprint density at radius 3 is 2.56 bits per heavy atom. The Balaban J connectivity index is 1.28. The highest BCUT2D eigenvalue weighted by Crippen LogP contribution is 2.29. The molecule has 1 aliphatic heterocycles. The van der Waals surface area contributed by atoms with Crippen LogP contribution in [0.3, 0.4) is 0 Å². The summed E-state index contributed by atoms with van der Waals surface area (Å²) >= 11 is 0. The summed E-state index contributed by atoms with van der Waals surface area (Å²) in [5.74, 6) is 2.42. The number of aromatic nitrogens is 4. The van der Waals surface area contributed by atoms with Crippen molar-refractivity contribution in [3.05, 3.63) is 78.1 Å². The zero-order valence-electron chi connectivity index (χ0n) is 18.1. The summed E-state index contributed by atoms with van der Waals surface area (Å²) in [6.45, 7) is 5.59. The molecule has 1 saturated heterocycles. The molecule has 1 aliphatic rings. The second-order valence-corrected chi connectivity index (χ2v) is 8.18. The van der Waals surface area contributed by atoms with Gasteiger partial charge in [-0.1, -0.05) is 30.3 Å². The predicted molar refractivity (Wildman–Crippen MR) is 121 cm³/mol. The van der Waals surface area contributed by atoms with Crippen molar-refractivity contribution in [3.8, 4) is 16.9 Å². The van der Waals surface area contributed by atoms with Gasteiger partial charge in [0.05, 0.1) is 6.61 Å². The maximum atomic E-state index is 14.3. The molecular weight excluding hydrogens is 405 g/mol. The van der Waals surface area contributed by atoms with Crippen LogP contribution in [0.1, 0.15) is 37.1 Å². The van der Waals surface area contributed by atoms with Crippen molar-refractivity contribution in [2.24, 2.45) is 0 Å². The highest BCUT2D eigenvalue weighted by atomic mass is 19.1. The fraction of sp³-hybridized carbons (Fsp3) is 0.320. The van der Waals surface area contributed by atoms with Gasteiger partial charge in [0, 0.05) is 36.0 Å². The van der Waals surface area contributed by atoms with Crippen molar-refractivity contribution < 1.29 is 9.13 Å². The van der Waals surface area contributed by atoms with Gasteiger partial charge in [-0.3, -0.25) is 9.30 Å². The van der Waals surface area contributed by atoms with Gasteiger partial charge in [-0.15, -0.1) is 10.2 Å². The normalized spacial score (nSPS) is 15.3. The van der Waals surface area contributed by atoms with Crippen molar-refractivity contribution in [1.29, 1.82) is 0 Å². The van der Waals surface area contributed by atoms with Crippen LogP contribution >= 0.6 is 0 Å². The number of likely N-dealkylation sites (tertiary alicyclic amines) is 1. The van der Waals surface area contributed by atoms with Gasteiger partial charge in [-0.2, -0.15) is 0 Å². The Kier molecular flexibility index (Phi) is 5.81. The Morgan fingerprint density at radius 2 is 1.81 bits per heavy atom. The summed E-state index contributed by atoms with van der Waals surface area (Å²) in [7, 11) is 0. The molecule has 2 aromatic heterocycles. The summed E-state index contributed by atoms with van der Waals surface area (Å²) in [5.41, 5.74) is 2.55. The largest absolute Gasteiger partial charge is 0.494 e. The number of halogens is 1. The molecule has 0 bridgehead atoms. The van der Waals surface area contributed by atoms with Crippen LogP contribution in [0, 0.1) is 5.82 Å². The average molecular weight is 432 g/mol. The lowest BCUT2D eigenvalue weighted by Crippen LogP contribution is -2.33. The number of hydrogen-bond acceptors (Lipinski definition) is 5. The molecule has 0 N–H and O–H groups in total. The Hall–Kier alpha value is -3.32. The van der Waals surface area contributed by atoms with Gasteiger partial charge in [0.2, 0.25) is 0 Å². The van der Waals surface area contributed by atoms with Crippen LogP contribution in [0.25, 0.3) is 16.9 Å². The molecule has 2 aromatic carbocycles. The van der Waals surface area contributed by atoms with E-state index >= 15 is 0 Å². The Bertz CT molecular complexity index is 1200. The van der Waals surface area contributed by atoms with Gasteiger partial charge in [0.15, 0.2) is 0 Å². The van der Waals surface area contributed by atoms with Crippen LogP contribution < -0.4 is 4.74 Å². The summed E-state index contributed by atoms with van der Waals surface area (Å²) < 4.78 is 21.7. The molecule has 7 heteroatoms. The number of fused-ring (bicyclic) bond motifs is 1. The minimum absolute atomic E-state index is 0.258. The first-order valence-corrected chi connectivity index (χ1v) is 11.1. The average Bonchev–Trinajstić information content (AvgIpc) is 3.25. The zero-order chi connectivity index (χ0) is 21.9. The van der Waals surface area contributed by atoms with Crippen molar-refractivity contribution in [2.75, 3.05) is 19.7 Å². The first kappa shape index (κ1) is 20.6. The van der Waals surface area contributed by atoms with Gasteiger partial charge in [-0.25, -0.2) is 9.37 Å². The van der Waals surface area contributed by atoms with Crippen molar-refractivity contribution >= 4 is 5.78 Å². The molecule has 0 spiro atoms. The molecule has 4 aromatic rings. The molecule has 0 amide bonds. The quantitative estimate of drug-likeness (QED) is 0.443. The predicted octanol–water partition coefficient (Wildman–Crippen LogP) is 4.71. The van der Waals surface area contributed by atoms with Crippen molar-refractivity contribution in [2.45, 2.75) is 32.2 Å². The molecular formula is C25H26FN5O. The molecule has 164 valence electrons. The highest BCUT2D eigenvalue weighted by Gasteiger charge is 2.25. The number of benzene rings is 2. The van der Waals surface area contributed by atoms with E-state index in [4.69, 9.17) is 4.74 Å². The molecule has 0 saturated carbocycles. The van der Waals surface area contributed by atoms with E-state index in [1.807, 2.05) is 35.7 Å². The number of piperidine rings is 1. The second kappa shape index (κ2) is 9.04. The van der Waals surface area contributed by atoms with Gasteiger partial charge in [0.1, 0.15) is 17.4 Å². The maximum absolute atomic E-state index is 14.3. The number of nitrogens with zero attached hydrogens (tertiary/aromatic N) is 5. The first-order chi connectivity index (χ1) is 15.7. The summed E-state index contributed by atoms with van der Waals surface area (Å²) in [4.78, 5) is 6.88. The smallest absolute Gasteiger partial charge is 0.254 e. The Morgan fingerprint density at radius 1 is 1.03 bits per heavy atom. The third-order valence-electron chi connectivity index (χ3n) is 6.07. The van der Waals surface area contributed by atoms with E-state index in [1.54, 1.807) is 18.3 Å². The van der Waals surface area contributed by atoms with E-state index in [2.05, 4.69) is 32.2 Å². The molecule has 0 atom stereocenters. The molecule has 32 heavy (non-hydrogen) atoms. The Labute approximate surface area is 186 Å². The van der Waals surface area contributed by atoms with E-state index in [1.165, 1.54) is 11.6 Å². The number of ether oxygens (including phenoxy) is 1. The lowest BCUT2D eigenvalue weighted by atomic mass is 9.95. The van der Waals surface area contributed by atoms with E-state index in [9.17, 15) is 4.39 Å². The van der Waals surface area contributed by atoms with Crippen LogP contribution in [0.15, 0.2) is 60.9 Å². The summed E-state index contributed by atoms with van der Waals surface area (Å²) in [5, 5.41) is 8.68. The van der Waals surface area contributed by atoms with Gasteiger partial charge >= 0.3 is 0 Å². The second-order valence-electron chi connectivity index (χ2n) is 8.18. The number of rotatable bonds is 6. The summed E-state index contributed by atoms with van der Waals surface area (Å²) in [6, 6.07) is 15.1. The molecule has 3 heterocycles. The van der Waals surface area contributed by atoms with E-state index in [0.29, 0.717) is 23.9 Å². The van der Waals surface area contributed by atoms with Crippen LogP contribution in [0.4, 0.5) is 4.39 Å². The van der Waals surface area contributed by atoms with E-state index < -0.39 is 0 Å². The minimum Gasteiger partial charge on any atom is -0.494 e. The standard InChI is InChI=1S/C25H26FN5O/c1-2-32-21-9-7-18(8-10-21)16-30-13-11-19(12-14-30)24-28-29-25-27-15-20(17-31(24)25)22-5-3-4-6-23(22)26/h3-10,15,17,19H,2,11-14,16H2,1H3. The van der Waals surface area contributed by atoms with Gasteiger partial charge in [0.25, 0.3) is 5.78 Å². The van der Waals surface area contributed by atoms with E-state index in [-0.39, 0.29) is 5.82 Å². The minimum atomic E-state index is -0.258. The van der Waals surface area contributed by atoms with Crippen LogP contribution in [0.5, 0.6) is 5.75 Å². The maximum Gasteiger partial charge on any atom is 0.254 e. The molecule has 5 rings (SSSR count). The van der Waals surface area contributed by atoms with Crippen LogP contribution in [-0.2, 0) is 6.54 Å². The number of hydrogen-bond donors (Lipinski definition) is 0. The third-order valence-corrected chi connectivity index (χ3v) is 6.07.